The number of carbonyl (C=O) groups excluding carboxylic acids is 2. The van der Waals surface area contributed by atoms with Gasteiger partial charge in [-0.2, -0.15) is 5.26 Å². The Hall–Kier alpha value is -2.10. The molecule has 0 spiro atoms. The SMILES string of the molecule is Cc1c(CN2CCN(C(=O)C3CCCC3)C(C)C2)cc(Cl)cc1[C@@H](C#N)CCCNC=O. The Balaban J connectivity index is 1.65. The number of hydrogen-bond acceptors (Lipinski definition) is 4. The van der Waals surface area contributed by atoms with Crippen LogP contribution in [-0.4, -0.2) is 54.3 Å². The molecule has 3 rings (SSSR count). The van der Waals surface area contributed by atoms with Crippen LogP contribution in [0.2, 0.25) is 5.02 Å². The Morgan fingerprint density at radius 1 is 1.34 bits per heavy atom. The molecule has 174 valence electrons. The van der Waals surface area contributed by atoms with Gasteiger partial charge in [-0.1, -0.05) is 24.4 Å². The highest BCUT2D eigenvalue weighted by Gasteiger charge is 2.33. The van der Waals surface area contributed by atoms with E-state index in [1.807, 2.05) is 12.1 Å². The molecule has 0 radical (unpaired) electrons. The predicted molar refractivity (Wildman–Crippen MR) is 126 cm³/mol. The summed E-state index contributed by atoms with van der Waals surface area (Å²) < 4.78 is 0. The molecule has 1 aromatic rings. The van der Waals surface area contributed by atoms with Crippen LogP contribution in [0.3, 0.4) is 0 Å². The maximum absolute atomic E-state index is 12.9. The molecule has 1 aromatic carbocycles. The van der Waals surface area contributed by atoms with E-state index in [0.717, 1.165) is 62.1 Å². The van der Waals surface area contributed by atoms with Gasteiger partial charge in [-0.15, -0.1) is 0 Å². The number of nitriles is 1. The molecule has 1 aliphatic heterocycles. The third-order valence-electron chi connectivity index (χ3n) is 7.04. The number of nitrogens with one attached hydrogen (secondary N) is 1. The third-order valence-corrected chi connectivity index (χ3v) is 7.26. The van der Waals surface area contributed by atoms with Crippen molar-refractivity contribution in [1.29, 1.82) is 5.26 Å². The highest BCUT2D eigenvalue weighted by Crippen LogP contribution is 2.31. The smallest absolute Gasteiger partial charge is 0.226 e. The average molecular weight is 459 g/mol. The van der Waals surface area contributed by atoms with E-state index < -0.39 is 0 Å². The number of piperazine rings is 1. The van der Waals surface area contributed by atoms with Crippen molar-refractivity contribution in [3.63, 3.8) is 0 Å². The molecule has 1 unspecified atom stereocenters. The summed E-state index contributed by atoms with van der Waals surface area (Å²) in [7, 11) is 0. The van der Waals surface area contributed by atoms with Crippen molar-refractivity contribution in [3.05, 3.63) is 33.8 Å². The minimum absolute atomic E-state index is 0.202. The lowest BCUT2D eigenvalue weighted by Crippen LogP contribution is -2.54. The van der Waals surface area contributed by atoms with E-state index in [1.165, 1.54) is 12.8 Å². The summed E-state index contributed by atoms with van der Waals surface area (Å²) in [6, 6.07) is 6.52. The van der Waals surface area contributed by atoms with Gasteiger partial charge in [0.25, 0.3) is 0 Å². The molecule has 2 atom stereocenters. The first-order valence-corrected chi connectivity index (χ1v) is 12.2. The van der Waals surface area contributed by atoms with Crippen molar-refractivity contribution in [3.8, 4) is 6.07 Å². The lowest BCUT2D eigenvalue weighted by Gasteiger charge is -2.41. The second kappa shape index (κ2) is 11.7. The molecule has 32 heavy (non-hydrogen) atoms. The second-order valence-corrected chi connectivity index (χ2v) is 9.71. The Labute approximate surface area is 196 Å². The number of nitrogens with zero attached hydrogens (tertiary/aromatic N) is 3. The molecule has 1 heterocycles. The molecule has 6 nitrogen and oxygen atoms in total. The number of benzene rings is 1. The van der Waals surface area contributed by atoms with E-state index in [-0.39, 0.29) is 17.9 Å². The zero-order valence-corrected chi connectivity index (χ0v) is 20.0. The molecule has 1 saturated carbocycles. The fraction of sp³-hybridized carbons (Fsp3) is 0.640. The van der Waals surface area contributed by atoms with Gasteiger partial charge in [0.2, 0.25) is 12.3 Å². The summed E-state index contributed by atoms with van der Waals surface area (Å²) in [6.07, 6.45) is 6.55. The zero-order chi connectivity index (χ0) is 23.1. The van der Waals surface area contributed by atoms with E-state index in [1.54, 1.807) is 0 Å². The van der Waals surface area contributed by atoms with Crippen LogP contribution in [0.5, 0.6) is 0 Å². The fourth-order valence-electron chi connectivity index (χ4n) is 5.19. The molecule has 2 aliphatic rings. The number of halogens is 1. The Kier molecular flexibility index (Phi) is 8.95. The normalized spacial score (nSPS) is 20.7. The summed E-state index contributed by atoms with van der Waals surface area (Å²) in [5.74, 6) is 0.323. The predicted octanol–water partition coefficient (Wildman–Crippen LogP) is 4.00. The van der Waals surface area contributed by atoms with Gasteiger partial charge in [0.15, 0.2) is 0 Å². The number of carbonyl (C=O) groups is 2. The van der Waals surface area contributed by atoms with Crippen LogP contribution in [0.4, 0.5) is 0 Å². The molecule has 1 saturated heterocycles. The summed E-state index contributed by atoms with van der Waals surface area (Å²) in [4.78, 5) is 27.8. The van der Waals surface area contributed by atoms with E-state index in [2.05, 4.69) is 35.0 Å². The molecule has 1 N–H and O–H groups in total. The fourth-order valence-corrected chi connectivity index (χ4v) is 5.44. The van der Waals surface area contributed by atoms with Gasteiger partial charge in [-0.05, 0) is 68.4 Å². The number of hydrogen-bond donors (Lipinski definition) is 1. The minimum Gasteiger partial charge on any atom is -0.359 e. The van der Waals surface area contributed by atoms with Crippen LogP contribution >= 0.6 is 11.6 Å². The Morgan fingerprint density at radius 3 is 2.75 bits per heavy atom. The number of rotatable bonds is 9. The van der Waals surface area contributed by atoms with E-state index in [9.17, 15) is 14.9 Å². The lowest BCUT2D eigenvalue weighted by atomic mass is 9.89. The largest absolute Gasteiger partial charge is 0.359 e. The average Bonchev–Trinajstić information content (AvgIpc) is 3.31. The van der Waals surface area contributed by atoms with Crippen LogP contribution in [0.15, 0.2) is 12.1 Å². The molecular weight excluding hydrogens is 424 g/mol. The summed E-state index contributed by atoms with van der Waals surface area (Å²) in [6.45, 7) is 8.01. The van der Waals surface area contributed by atoms with Crippen molar-refractivity contribution >= 4 is 23.9 Å². The van der Waals surface area contributed by atoms with Gasteiger partial charge < -0.3 is 10.2 Å². The first-order chi connectivity index (χ1) is 15.4. The standard InChI is InChI=1S/C25H35ClN4O2/c1-18-15-29(10-11-30(18)25(32)20-6-3-4-7-20)16-22-12-23(26)13-24(19(22)2)21(14-27)8-5-9-28-17-31/h12-13,17-18,20-21H,3-11,15-16H2,1-2H3,(H,28,31)/t18?,21-/m1/s1. The molecule has 0 aromatic heterocycles. The first-order valence-electron chi connectivity index (χ1n) is 11.8. The van der Waals surface area contributed by atoms with Crippen molar-refractivity contribution in [1.82, 2.24) is 15.1 Å². The Morgan fingerprint density at radius 2 is 2.09 bits per heavy atom. The monoisotopic (exact) mass is 458 g/mol. The molecule has 7 heteroatoms. The molecule has 1 aliphatic carbocycles. The molecular formula is C25H35ClN4O2. The first kappa shape index (κ1) is 24.5. The van der Waals surface area contributed by atoms with Gasteiger partial charge in [-0.25, -0.2) is 0 Å². The minimum atomic E-state index is -0.249. The van der Waals surface area contributed by atoms with Gasteiger partial charge in [0.1, 0.15) is 0 Å². The summed E-state index contributed by atoms with van der Waals surface area (Å²) in [5, 5.41) is 13.0. The van der Waals surface area contributed by atoms with Crippen molar-refractivity contribution < 1.29 is 9.59 Å². The van der Waals surface area contributed by atoms with E-state index in [4.69, 9.17) is 11.6 Å². The highest BCUT2D eigenvalue weighted by atomic mass is 35.5. The van der Waals surface area contributed by atoms with Gasteiger partial charge in [0, 0.05) is 49.7 Å². The topological polar surface area (TPSA) is 76.4 Å². The molecule has 0 bridgehead atoms. The summed E-state index contributed by atoms with van der Waals surface area (Å²) >= 11 is 6.45. The van der Waals surface area contributed by atoms with Gasteiger partial charge in [0.05, 0.1) is 12.0 Å². The quantitative estimate of drug-likeness (QED) is 0.448. The second-order valence-electron chi connectivity index (χ2n) is 9.27. The van der Waals surface area contributed by atoms with Crippen molar-refractivity contribution in [2.75, 3.05) is 26.2 Å². The van der Waals surface area contributed by atoms with Gasteiger partial charge in [-0.3, -0.25) is 14.5 Å². The van der Waals surface area contributed by atoms with Gasteiger partial charge >= 0.3 is 0 Å². The number of amides is 2. The molecule has 2 fully saturated rings. The van der Waals surface area contributed by atoms with Crippen LogP contribution in [-0.2, 0) is 16.1 Å². The highest BCUT2D eigenvalue weighted by molar-refractivity contribution is 6.30. The molecule has 2 amide bonds. The van der Waals surface area contributed by atoms with Crippen molar-refractivity contribution in [2.24, 2.45) is 5.92 Å². The summed E-state index contributed by atoms with van der Waals surface area (Å²) in [5.41, 5.74) is 3.23. The van der Waals surface area contributed by atoms with Crippen LogP contribution in [0.25, 0.3) is 0 Å². The Bertz CT molecular complexity index is 847. The van der Waals surface area contributed by atoms with Crippen LogP contribution < -0.4 is 5.32 Å². The van der Waals surface area contributed by atoms with E-state index >= 15 is 0 Å². The van der Waals surface area contributed by atoms with Crippen LogP contribution in [0.1, 0.15) is 68.1 Å². The van der Waals surface area contributed by atoms with Crippen LogP contribution in [0, 0.1) is 24.2 Å². The maximum atomic E-state index is 12.9. The third kappa shape index (κ3) is 6.02. The zero-order valence-electron chi connectivity index (χ0n) is 19.3. The van der Waals surface area contributed by atoms with Crippen molar-refractivity contribution in [2.45, 2.75) is 70.9 Å². The maximum Gasteiger partial charge on any atom is 0.226 e. The van der Waals surface area contributed by atoms with E-state index in [0.29, 0.717) is 30.3 Å². The lowest BCUT2D eigenvalue weighted by molar-refractivity contribution is -0.140.